The summed E-state index contributed by atoms with van der Waals surface area (Å²) in [5.41, 5.74) is 0. The molecule has 2 aliphatic heterocycles. The molecule has 1 atom stereocenters. The minimum absolute atomic E-state index is 0.246. The monoisotopic (exact) mass is 274 g/mol. The molecule has 0 saturated carbocycles. The third-order valence-corrected chi connectivity index (χ3v) is 5.56. The lowest BCUT2D eigenvalue weighted by molar-refractivity contribution is 0.181. The van der Waals surface area contributed by atoms with Crippen molar-refractivity contribution in [3.63, 3.8) is 0 Å². The van der Waals surface area contributed by atoms with Crippen LogP contribution in [-0.4, -0.2) is 56.1 Å². The molecule has 0 N–H and O–H groups in total. The molecule has 5 heteroatoms. The largest absolute Gasteiger partial charge is 0.303 e. The first-order valence-electron chi connectivity index (χ1n) is 7.26. The lowest BCUT2D eigenvalue weighted by Gasteiger charge is -2.35. The van der Waals surface area contributed by atoms with Crippen molar-refractivity contribution in [1.82, 2.24) is 9.21 Å². The molecule has 2 rings (SSSR count). The Balaban J connectivity index is 1.85. The molecule has 18 heavy (non-hydrogen) atoms. The van der Waals surface area contributed by atoms with Crippen molar-refractivity contribution < 1.29 is 8.42 Å². The van der Waals surface area contributed by atoms with Crippen molar-refractivity contribution in [3.8, 4) is 0 Å². The lowest BCUT2D eigenvalue weighted by atomic mass is 10.0. The topological polar surface area (TPSA) is 40.6 Å². The number of likely N-dealkylation sites (tertiary alicyclic amines) is 1. The van der Waals surface area contributed by atoms with Crippen LogP contribution in [0.1, 0.15) is 44.9 Å². The Morgan fingerprint density at radius 1 is 1.00 bits per heavy atom. The number of nitrogens with zero attached hydrogens (tertiary/aromatic N) is 2. The Bertz CT molecular complexity index is 350. The van der Waals surface area contributed by atoms with Gasteiger partial charge in [0.2, 0.25) is 10.0 Å². The fourth-order valence-corrected chi connectivity index (χ4v) is 4.43. The lowest BCUT2D eigenvalue weighted by Crippen LogP contribution is -2.45. The highest BCUT2D eigenvalue weighted by atomic mass is 32.2. The van der Waals surface area contributed by atoms with Crippen LogP contribution >= 0.6 is 0 Å². The normalized spacial score (nSPS) is 28.4. The summed E-state index contributed by atoms with van der Waals surface area (Å²) < 4.78 is 25.3. The van der Waals surface area contributed by atoms with Gasteiger partial charge in [0.25, 0.3) is 0 Å². The van der Waals surface area contributed by atoms with Gasteiger partial charge in [0, 0.05) is 12.6 Å². The number of sulfonamides is 1. The summed E-state index contributed by atoms with van der Waals surface area (Å²) in [5, 5.41) is 0. The van der Waals surface area contributed by atoms with Gasteiger partial charge in [-0.3, -0.25) is 0 Å². The van der Waals surface area contributed by atoms with Gasteiger partial charge in [-0.1, -0.05) is 12.8 Å². The molecule has 2 fully saturated rings. The van der Waals surface area contributed by atoms with Gasteiger partial charge >= 0.3 is 0 Å². The molecule has 0 spiro atoms. The van der Waals surface area contributed by atoms with E-state index in [9.17, 15) is 8.42 Å². The fourth-order valence-electron chi connectivity index (χ4n) is 3.21. The Labute approximate surface area is 111 Å². The number of piperidine rings is 2. The molecule has 0 aromatic heterocycles. The first kappa shape index (κ1) is 14.3. The van der Waals surface area contributed by atoms with E-state index in [2.05, 4.69) is 4.90 Å². The number of hydrogen-bond donors (Lipinski definition) is 0. The van der Waals surface area contributed by atoms with Gasteiger partial charge in [-0.2, -0.15) is 4.31 Å². The Kier molecular flexibility index (Phi) is 5.04. The molecule has 2 aliphatic rings. The van der Waals surface area contributed by atoms with Crippen LogP contribution in [0.5, 0.6) is 0 Å². The first-order valence-corrected chi connectivity index (χ1v) is 9.11. The van der Waals surface area contributed by atoms with E-state index >= 15 is 0 Å². The average Bonchev–Trinajstić information content (AvgIpc) is 2.37. The fraction of sp³-hybridized carbons (Fsp3) is 1.00. The molecule has 0 radical (unpaired) electrons. The van der Waals surface area contributed by atoms with Crippen molar-refractivity contribution >= 4 is 10.0 Å². The third-order valence-electron chi connectivity index (χ3n) is 4.23. The summed E-state index contributed by atoms with van der Waals surface area (Å²) >= 11 is 0. The van der Waals surface area contributed by atoms with Crippen molar-refractivity contribution in [1.29, 1.82) is 0 Å². The zero-order valence-electron chi connectivity index (χ0n) is 11.5. The quantitative estimate of drug-likeness (QED) is 0.783. The van der Waals surface area contributed by atoms with Crippen molar-refractivity contribution in [2.24, 2.45) is 0 Å². The zero-order valence-corrected chi connectivity index (χ0v) is 12.3. The van der Waals surface area contributed by atoms with Crippen LogP contribution in [0.4, 0.5) is 0 Å². The maximum absolute atomic E-state index is 11.8. The molecular weight excluding hydrogens is 248 g/mol. The van der Waals surface area contributed by atoms with Crippen LogP contribution in [0.15, 0.2) is 0 Å². The SMILES string of the molecule is CS(=O)(=O)N1CCCC[C@@H]1CCN1CCCCC1. The van der Waals surface area contributed by atoms with E-state index < -0.39 is 10.0 Å². The average molecular weight is 274 g/mol. The van der Waals surface area contributed by atoms with Gasteiger partial charge in [0.15, 0.2) is 0 Å². The Morgan fingerprint density at radius 2 is 1.67 bits per heavy atom. The van der Waals surface area contributed by atoms with Crippen molar-refractivity contribution in [3.05, 3.63) is 0 Å². The second kappa shape index (κ2) is 6.35. The molecular formula is C13H26N2O2S. The molecule has 0 aromatic rings. The van der Waals surface area contributed by atoms with Crippen molar-refractivity contribution in [2.75, 3.05) is 32.4 Å². The predicted molar refractivity (Wildman–Crippen MR) is 74.1 cm³/mol. The van der Waals surface area contributed by atoms with Gasteiger partial charge in [-0.05, 0) is 51.7 Å². The minimum atomic E-state index is -3.01. The van der Waals surface area contributed by atoms with Crippen LogP contribution in [0.3, 0.4) is 0 Å². The predicted octanol–water partition coefficient (Wildman–Crippen LogP) is 1.68. The van der Waals surface area contributed by atoms with E-state index in [0.717, 1.165) is 32.4 Å². The summed E-state index contributed by atoms with van der Waals surface area (Å²) in [6, 6.07) is 0.246. The maximum atomic E-state index is 11.8. The summed E-state index contributed by atoms with van der Waals surface area (Å²) in [7, 11) is -3.01. The number of rotatable bonds is 4. The van der Waals surface area contributed by atoms with Gasteiger partial charge < -0.3 is 4.90 Å². The second-order valence-corrected chi connectivity index (χ2v) is 7.65. The van der Waals surface area contributed by atoms with Crippen LogP contribution in [0.25, 0.3) is 0 Å². The summed E-state index contributed by atoms with van der Waals surface area (Å²) in [4.78, 5) is 2.50. The second-order valence-electron chi connectivity index (χ2n) is 5.71. The maximum Gasteiger partial charge on any atom is 0.211 e. The van der Waals surface area contributed by atoms with Crippen LogP contribution in [-0.2, 0) is 10.0 Å². The standard InChI is InChI=1S/C13H26N2O2S/c1-18(16,17)15-11-6-3-7-13(15)8-12-14-9-4-2-5-10-14/h13H,2-12H2,1H3/t13-/m1/s1. The van der Waals surface area contributed by atoms with Gasteiger partial charge in [-0.25, -0.2) is 8.42 Å². The molecule has 0 aromatic carbocycles. The number of hydrogen-bond acceptors (Lipinski definition) is 3. The molecule has 2 heterocycles. The molecule has 0 unspecified atom stereocenters. The first-order chi connectivity index (χ1) is 8.57. The molecule has 4 nitrogen and oxygen atoms in total. The molecule has 0 aliphatic carbocycles. The Hall–Kier alpha value is -0.130. The van der Waals surface area contributed by atoms with E-state index in [1.54, 1.807) is 4.31 Å². The smallest absolute Gasteiger partial charge is 0.211 e. The Morgan fingerprint density at radius 3 is 2.33 bits per heavy atom. The van der Waals surface area contributed by atoms with Crippen molar-refractivity contribution in [2.45, 2.75) is 51.0 Å². The van der Waals surface area contributed by atoms with E-state index in [0.29, 0.717) is 0 Å². The molecule has 2 saturated heterocycles. The van der Waals surface area contributed by atoms with Gasteiger partial charge in [0.05, 0.1) is 6.26 Å². The zero-order chi connectivity index (χ0) is 13.0. The minimum Gasteiger partial charge on any atom is -0.303 e. The van der Waals surface area contributed by atoms with E-state index in [1.165, 1.54) is 45.0 Å². The van der Waals surface area contributed by atoms with E-state index in [4.69, 9.17) is 0 Å². The molecule has 0 amide bonds. The summed E-state index contributed by atoms with van der Waals surface area (Å²) in [5.74, 6) is 0. The van der Waals surface area contributed by atoms with Crippen LogP contribution in [0.2, 0.25) is 0 Å². The van der Waals surface area contributed by atoms with Crippen LogP contribution in [0, 0.1) is 0 Å². The highest BCUT2D eigenvalue weighted by Crippen LogP contribution is 2.23. The van der Waals surface area contributed by atoms with Crippen LogP contribution < -0.4 is 0 Å². The van der Waals surface area contributed by atoms with Gasteiger partial charge in [-0.15, -0.1) is 0 Å². The highest BCUT2D eigenvalue weighted by Gasteiger charge is 2.29. The van der Waals surface area contributed by atoms with Gasteiger partial charge in [0.1, 0.15) is 0 Å². The molecule has 106 valence electrons. The highest BCUT2D eigenvalue weighted by molar-refractivity contribution is 7.88. The molecule has 0 bridgehead atoms. The summed E-state index contributed by atoms with van der Waals surface area (Å²) in [6.07, 6.45) is 9.57. The summed E-state index contributed by atoms with van der Waals surface area (Å²) in [6.45, 7) is 4.19. The third kappa shape index (κ3) is 3.93. The van der Waals surface area contributed by atoms with E-state index in [-0.39, 0.29) is 6.04 Å². The van der Waals surface area contributed by atoms with E-state index in [1.807, 2.05) is 0 Å².